The van der Waals surface area contributed by atoms with Crippen molar-refractivity contribution in [2.24, 2.45) is 0 Å². The van der Waals surface area contributed by atoms with Crippen molar-refractivity contribution < 1.29 is 9.90 Å². The lowest BCUT2D eigenvalue weighted by Gasteiger charge is -2.22. The number of hydrogen-bond donors (Lipinski definition) is 2. The lowest BCUT2D eigenvalue weighted by Crippen LogP contribution is -2.31. The van der Waals surface area contributed by atoms with Gasteiger partial charge in [-0.1, -0.05) is 12.1 Å². The molecule has 0 radical (unpaired) electrons. The first kappa shape index (κ1) is 18.1. The summed E-state index contributed by atoms with van der Waals surface area (Å²) in [4.78, 5) is 18.5. The summed E-state index contributed by atoms with van der Waals surface area (Å²) in [5, 5.41) is 14.0. The Bertz CT molecular complexity index is 744. The Morgan fingerprint density at radius 2 is 2.08 bits per heavy atom. The highest BCUT2D eigenvalue weighted by molar-refractivity contribution is 7.11. The second-order valence-electron chi connectivity index (χ2n) is 7.47. The van der Waals surface area contributed by atoms with Gasteiger partial charge in [-0.25, -0.2) is 4.98 Å². The molecule has 0 aliphatic heterocycles. The maximum absolute atomic E-state index is 12.6. The first-order chi connectivity index (χ1) is 11.8. The fraction of sp³-hybridized carbons (Fsp3) is 0.500. The van der Waals surface area contributed by atoms with E-state index in [1.54, 1.807) is 11.3 Å². The Hall–Kier alpha value is -1.72. The van der Waals surface area contributed by atoms with E-state index in [2.05, 4.69) is 10.3 Å². The largest absolute Gasteiger partial charge is 0.390 e. The molecule has 1 aliphatic carbocycles. The van der Waals surface area contributed by atoms with Crippen LogP contribution < -0.4 is 5.32 Å². The van der Waals surface area contributed by atoms with Crippen LogP contribution in [0.5, 0.6) is 0 Å². The Morgan fingerprint density at radius 3 is 2.76 bits per heavy atom. The molecule has 3 rings (SSSR count). The summed E-state index contributed by atoms with van der Waals surface area (Å²) in [5.41, 5.74) is 2.20. The van der Waals surface area contributed by atoms with E-state index in [1.165, 1.54) is 4.88 Å². The van der Waals surface area contributed by atoms with Gasteiger partial charge in [0.05, 0.1) is 22.3 Å². The highest BCUT2D eigenvalue weighted by atomic mass is 32.1. The normalized spacial score (nSPS) is 17.2. The standard InChI is InChI=1S/C20H26N2O2S/c1-13-21-18-16(5-4-6-17(18)25-13)22-19(23)15-9-7-14(8-10-15)11-12-20(2,3)24/h7-10,16,24H,4-6,11-12H2,1-3H3,(H,22,23). The predicted octanol–water partition coefficient (Wildman–Crippen LogP) is 3.96. The first-order valence-electron chi connectivity index (χ1n) is 8.90. The van der Waals surface area contributed by atoms with Gasteiger partial charge in [-0.15, -0.1) is 11.3 Å². The molecule has 2 aromatic rings. The number of fused-ring (bicyclic) bond motifs is 1. The lowest BCUT2D eigenvalue weighted by atomic mass is 9.96. The van der Waals surface area contributed by atoms with E-state index in [1.807, 2.05) is 45.0 Å². The van der Waals surface area contributed by atoms with Crippen molar-refractivity contribution in [3.05, 3.63) is 51.0 Å². The maximum Gasteiger partial charge on any atom is 0.251 e. The highest BCUT2D eigenvalue weighted by Crippen LogP contribution is 2.33. The van der Waals surface area contributed by atoms with Crippen LogP contribution in [0.25, 0.3) is 0 Å². The Morgan fingerprint density at radius 1 is 1.36 bits per heavy atom. The van der Waals surface area contributed by atoms with Crippen molar-refractivity contribution in [3.8, 4) is 0 Å². The summed E-state index contributed by atoms with van der Waals surface area (Å²) in [5.74, 6) is -0.0439. The molecule has 1 aromatic carbocycles. The molecule has 1 aromatic heterocycles. The summed E-state index contributed by atoms with van der Waals surface area (Å²) >= 11 is 1.74. The monoisotopic (exact) mass is 358 g/mol. The number of benzene rings is 1. The number of carbonyl (C=O) groups is 1. The maximum atomic E-state index is 12.6. The molecule has 25 heavy (non-hydrogen) atoms. The quantitative estimate of drug-likeness (QED) is 0.850. The fourth-order valence-electron chi connectivity index (χ4n) is 3.20. The number of aryl methyl sites for hydroxylation is 3. The molecule has 0 saturated carbocycles. The number of amides is 1. The number of carbonyl (C=O) groups excluding carboxylic acids is 1. The average molecular weight is 359 g/mol. The molecule has 0 fully saturated rings. The molecule has 5 heteroatoms. The van der Waals surface area contributed by atoms with Crippen LogP contribution in [0.2, 0.25) is 0 Å². The Labute approximate surface area is 153 Å². The van der Waals surface area contributed by atoms with Crippen molar-refractivity contribution in [2.75, 3.05) is 0 Å². The van der Waals surface area contributed by atoms with Gasteiger partial charge in [0.1, 0.15) is 0 Å². The smallest absolute Gasteiger partial charge is 0.251 e. The SMILES string of the molecule is Cc1nc2c(s1)CCCC2NC(=O)c1ccc(CCC(C)(C)O)cc1. The van der Waals surface area contributed by atoms with E-state index in [0.717, 1.165) is 41.9 Å². The van der Waals surface area contributed by atoms with Crippen LogP contribution in [0, 0.1) is 6.92 Å². The molecule has 1 unspecified atom stereocenters. The number of rotatable bonds is 5. The van der Waals surface area contributed by atoms with E-state index in [9.17, 15) is 9.90 Å². The van der Waals surface area contributed by atoms with Gasteiger partial charge in [-0.3, -0.25) is 4.79 Å². The molecule has 2 N–H and O–H groups in total. The van der Waals surface area contributed by atoms with E-state index in [0.29, 0.717) is 12.0 Å². The number of aliphatic hydroxyl groups is 1. The third kappa shape index (κ3) is 4.67. The minimum Gasteiger partial charge on any atom is -0.390 e. The van der Waals surface area contributed by atoms with Gasteiger partial charge < -0.3 is 10.4 Å². The number of thiazole rings is 1. The summed E-state index contributed by atoms with van der Waals surface area (Å²) < 4.78 is 0. The van der Waals surface area contributed by atoms with Crippen LogP contribution in [0.3, 0.4) is 0 Å². The van der Waals surface area contributed by atoms with Gasteiger partial charge in [-0.2, -0.15) is 0 Å². The van der Waals surface area contributed by atoms with Crippen molar-refractivity contribution in [1.82, 2.24) is 10.3 Å². The minimum atomic E-state index is -0.666. The van der Waals surface area contributed by atoms with Gasteiger partial charge >= 0.3 is 0 Å². The third-order valence-corrected chi connectivity index (χ3v) is 5.65. The fourth-order valence-corrected chi connectivity index (χ4v) is 4.23. The van der Waals surface area contributed by atoms with E-state index in [4.69, 9.17) is 0 Å². The Balaban J connectivity index is 1.64. The number of aromatic nitrogens is 1. The van der Waals surface area contributed by atoms with E-state index >= 15 is 0 Å². The molecule has 134 valence electrons. The molecule has 0 spiro atoms. The summed E-state index contributed by atoms with van der Waals surface area (Å²) in [6, 6.07) is 7.70. The molecule has 0 bridgehead atoms. The van der Waals surface area contributed by atoms with E-state index < -0.39 is 5.60 Å². The van der Waals surface area contributed by atoms with Crippen LogP contribution in [0.1, 0.15) is 70.7 Å². The van der Waals surface area contributed by atoms with Crippen LogP contribution >= 0.6 is 11.3 Å². The number of nitrogens with one attached hydrogen (secondary N) is 1. The summed E-state index contributed by atoms with van der Waals surface area (Å²) in [6.45, 7) is 5.65. The van der Waals surface area contributed by atoms with Gasteiger partial charge in [0.15, 0.2) is 0 Å². The van der Waals surface area contributed by atoms with Crippen LogP contribution in [-0.2, 0) is 12.8 Å². The zero-order valence-corrected chi connectivity index (χ0v) is 15.9. The Kier molecular flexibility index (Phi) is 5.25. The van der Waals surface area contributed by atoms with Gasteiger partial charge in [-0.05, 0) is 70.6 Å². The number of nitrogens with zero attached hydrogens (tertiary/aromatic N) is 1. The molecule has 1 amide bonds. The van der Waals surface area contributed by atoms with Gasteiger partial charge in [0.25, 0.3) is 5.91 Å². The van der Waals surface area contributed by atoms with Gasteiger partial charge in [0.2, 0.25) is 0 Å². The van der Waals surface area contributed by atoms with Crippen LogP contribution in [0.15, 0.2) is 24.3 Å². The highest BCUT2D eigenvalue weighted by Gasteiger charge is 2.25. The van der Waals surface area contributed by atoms with Crippen molar-refractivity contribution in [1.29, 1.82) is 0 Å². The molecule has 1 atom stereocenters. The number of hydrogen-bond acceptors (Lipinski definition) is 4. The predicted molar refractivity (Wildman–Crippen MR) is 101 cm³/mol. The third-order valence-electron chi connectivity index (χ3n) is 4.61. The molecule has 4 nitrogen and oxygen atoms in total. The minimum absolute atomic E-state index is 0.0241. The van der Waals surface area contributed by atoms with Crippen molar-refractivity contribution in [2.45, 2.75) is 64.5 Å². The van der Waals surface area contributed by atoms with Crippen LogP contribution in [0.4, 0.5) is 0 Å². The van der Waals surface area contributed by atoms with Crippen LogP contribution in [-0.4, -0.2) is 21.6 Å². The second kappa shape index (κ2) is 7.26. The first-order valence-corrected chi connectivity index (χ1v) is 9.72. The summed E-state index contributed by atoms with van der Waals surface area (Å²) in [6.07, 6.45) is 4.62. The van der Waals surface area contributed by atoms with E-state index in [-0.39, 0.29) is 11.9 Å². The van der Waals surface area contributed by atoms with Gasteiger partial charge in [0, 0.05) is 10.4 Å². The average Bonchev–Trinajstić information content (AvgIpc) is 2.94. The zero-order chi connectivity index (χ0) is 18.0. The molecule has 1 heterocycles. The van der Waals surface area contributed by atoms with Crippen molar-refractivity contribution in [3.63, 3.8) is 0 Å². The zero-order valence-electron chi connectivity index (χ0n) is 15.1. The molecule has 0 saturated heterocycles. The molecule has 1 aliphatic rings. The second-order valence-corrected chi connectivity index (χ2v) is 8.76. The van der Waals surface area contributed by atoms with Crippen molar-refractivity contribution >= 4 is 17.2 Å². The molecular weight excluding hydrogens is 332 g/mol. The summed E-state index contributed by atoms with van der Waals surface area (Å²) in [7, 11) is 0. The molecular formula is C20H26N2O2S. The lowest BCUT2D eigenvalue weighted by molar-refractivity contribution is 0.0713. The topological polar surface area (TPSA) is 62.2 Å².